The van der Waals surface area contributed by atoms with Crippen LogP contribution in [0.1, 0.15) is 12.8 Å². The van der Waals surface area contributed by atoms with Crippen molar-refractivity contribution >= 4 is 11.9 Å². The standard InChI is InChI=1S/C7H14N2O3/c1-12-7(11)3-5-9-4-2-6(8)10/h9H,2-5H2,1H3,(H2,8,10). The zero-order chi connectivity index (χ0) is 9.40. The number of ether oxygens (including phenoxy) is 1. The van der Waals surface area contributed by atoms with E-state index in [9.17, 15) is 9.59 Å². The molecule has 0 rings (SSSR count). The van der Waals surface area contributed by atoms with Crippen molar-refractivity contribution < 1.29 is 14.3 Å². The second kappa shape index (κ2) is 6.60. The van der Waals surface area contributed by atoms with Crippen LogP contribution in [0.5, 0.6) is 0 Å². The molecular weight excluding hydrogens is 160 g/mol. The Hall–Kier alpha value is -1.10. The topological polar surface area (TPSA) is 81.4 Å². The number of amides is 1. The molecule has 0 heterocycles. The van der Waals surface area contributed by atoms with E-state index in [2.05, 4.69) is 10.1 Å². The first-order valence-electron chi connectivity index (χ1n) is 3.72. The molecule has 0 saturated heterocycles. The first kappa shape index (κ1) is 10.9. The second-order valence-electron chi connectivity index (χ2n) is 2.29. The van der Waals surface area contributed by atoms with Crippen LogP contribution in [0.3, 0.4) is 0 Å². The van der Waals surface area contributed by atoms with Gasteiger partial charge in [0.25, 0.3) is 0 Å². The van der Waals surface area contributed by atoms with Gasteiger partial charge in [0, 0.05) is 19.5 Å². The van der Waals surface area contributed by atoms with E-state index in [0.717, 1.165) is 0 Å². The molecule has 0 aromatic rings. The average molecular weight is 174 g/mol. The molecule has 0 bridgehead atoms. The Balaban J connectivity index is 3.11. The lowest BCUT2D eigenvalue weighted by Gasteiger charge is -2.01. The molecule has 0 aliphatic rings. The van der Waals surface area contributed by atoms with Crippen LogP contribution in [-0.4, -0.2) is 32.1 Å². The lowest BCUT2D eigenvalue weighted by molar-refractivity contribution is -0.140. The van der Waals surface area contributed by atoms with Crippen molar-refractivity contribution in [1.82, 2.24) is 5.32 Å². The summed E-state index contributed by atoms with van der Waals surface area (Å²) in [5.74, 6) is -0.609. The number of carbonyl (C=O) groups is 2. The van der Waals surface area contributed by atoms with Gasteiger partial charge in [-0.3, -0.25) is 9.59 Å². The molecule has 3 N–H and O–H groups in total. The minimum Gasteiger partial charge on any atom is -0.469 e. The second-order valence-corrected chi connectivity index (χ2v) is 2.29. The van der Waals surface area contributed by atoms with Crippen molar-refractivity contribution in [1.29, 1.82) is 0 Å². The third-order valence-electron chi connectivity index (χ3n) is 1.28. The molecule has 0 spiro atoms. The van der Waals surface area contributed by atoms with Crippen LogP contribution in [0.4, 0.5) is 0 Å². The van der Waals surface area contributed by atoms with Gasteiger partial charge >= 0.3 is 5.97 Å². The van der Waals surface area contributed by atoms with Gasteiger partial charge < -0.3 is 15.8 Å². The zero-order valence-electron chi connectivity index (χ0n) is 7.13. The van der Waals surface area contributed by atoms with Crippen molar-refractivity contribution in [3.63, 3.8) is 0 Å². The van der Waals surface area contributed by atoms with E-state index in [1.54, 1.807) is 0 Å². The number of primary amides is 1. The van der Waals surface area contributed by atoms with Crippen molar-refractivity contribution in [3.05, 3.63) is 0 Å². The third kappa shape index (κ3) is 7.01. The molecule has 1 amide bonds. The molecule has 5 nitrogen and oxygen atoms in total. The number of nitrogens with two attached hydrogens (primary N) is 1. The highest BCUT2D eigenvalue weighted by Crippen LogP contribution is 1.81. The van der Waals surface area contributed by atoms with Gasteiger partial charge in [-0.2, -0.15) is 0 Å². The Morgan fingerprint density at radius 3 is 2.42 bits per heavy atom. The van der Waals surface area contributed by atoms with Crippen molar-refractivity contribution in [2.24, 2.45) is 5.73 Å². The predicted octanol–water partition coefficient (Wildman–Crippen LogP) is -0.985. The summed E-state index contributed by atoms with van der Waals surface area (Å²) in [7, 11) is 1.34. The van der Waals surface area contributed by atoms with Crippen molar-refractivity contribution in [2.75, 3.05) is 20.2 Å². The van der Waals surface area contributed by atoms with E-state index in [1.807, 2.05) is 0 Å². The van der Waals surface area contributed by atoms with Gasteiger partial charge in [0.1, 0.15) is 0 Å². The summed E-state index contributed by atoms with van der Waals surface area (Å²) in [6, 6.07) is 0. The number of carbonyl (C=O) groups excluding carboxylic acids is 2. The molecule has 70 valence electrons. The highest BCUT2D eigenvalue weighted by atomic mass is 16.5. The SMILES string of the molecule is COC(=O)CCNCCC(N)=O. The normalized spacial score (nSPS) is 9.42. The van der Waals surface area contributed by atoms with E-state index < -0.39 is 0 Å². The van der Waals surface area contributed by atoms with E-state index in [4.69, 9.17) is 5.73 Å². The Kier molecular flexibility index (Phi) is 6.00. The summed E-state index contributed by atoms with van der Waals surface area (Å²) < 4.78 is 4.41. The summed E-state index contributed by atoms with van der Waals surface area (Å²) in [5.41, 5.74) is 4.89. The van der Waals surface area contributed by atoms with E-state index in [0.29, 0.717) is 25.9 Å². The van der Waals surface area contributed by atoms with Crippen LogP contribution in [0.25, 0.3) is 0 Å². The maximum Gasteiger partial charge on any atom is 0.306 e. The predicted molar refractivity (Wildman–Crippen MR) is 43.3 cm³/mol. The average Bonchev–Trinajstić information content (AvgIpc) is 2.03. The van der Waals surface area contributed by atoms with Gasteiger partial charge in [-0.1, -0.05) is 0 Å². The third-order valence-corrected chi connectivity index (χ3v) is 1.28. The Bertz CT molecular complexity index is 159. The minimum absolute atomic E-state index is 0.262. The summed E-state index contributed by atoms with van der Waals surface area (Å²) in [5, 5.41) is 2.88. The lowest BCUT2D eigenvalue weighted by Crippen LogP contribution is -2.24. The Morgan fingerprint density at radius 1 is 1.33 bits per heavy atom. The van der Waals surface area contributed by atoms with Gasteiger partial charge in [0.2, 0.25) is 5.91 Å². The van der Waals surface area contributed by atoms with Crippen LogP contribution < -0.4 is 11.1 Å². The molecule has 12 heavy (non-hydrogen) atoms. The van der Waals surface area contributed by atoms with Crippen LogP contribution >= 0.6 is 0 Å². The van der Waals surface area contributed by atoms with Crippen LogP contribution in [0, 0.1) is 0 Å². The number of hydrogen-bond donors (Lipinski definition) is 2. The molecule has 0 radical (unpaired) electrons. The molecular formula is C7H14N2O3. The molecule has 0 aromatic heterocycles. The summed E-state index contributed by atoms with van der Waals surface area (Å²) >= 11 is 0. The number of hydrogen-bond acceptors (Lipinski definition) is 4. The highest BCUT2D eigenvalue weighted by Gasteiger charge is 1.98. The summed E-state index contributed by atoms with van der Waals surface area (Å²) in [6.45, 7) is 1.02. The zero-order valence-corrected chi connectivity index (χ0v) is 7.13. The fourth-order valence-corrected chi connectivity index (χ4v) is 0.629. The fraction of sp³-hybridized carbons (Fsp3) is 0.714. The van der Waals surface area contributed by atoms with Gasteiger partial charge in [-0.15, -0.1) is 0 Å². The highest BCUT2D eigenvalue weighted by molar-refractivity contribution is 5.73. The lowest BCUT2D eigenvalue weighted by atomic mass is 10.4. The number of nitrogens with one attached hydrogen (secondary N) is 1. The maximum atomic E-state index is 10.6. The van der Waals surface area contributed by atoms with E-state index >= 15 is 0 Å². The molecule has 0 saturated carbocycles. The molecule has 0 aliphatic carbocycles. The largest absolute Gasteiger partial charge is 0.469 e. The quantitative estimate of drug-likeness (QED) is 0.400. The summed E-state index contributed by atoms with van der Waals surface area (Å²) in [6.07, 6.45) is 0.608. The summed E-state index contributed by atoms with van der Waals surface area (Å²) in [4.78, 5) is 20.8. The molecule has 0 aromatic carbocycles. The smallest absolute Gasteiger partial charge is 0.306 e. The van der Waals surface area contributed by atoms with Crippen LogP contribution in [-0.2, 0) is 14.3 Å². The van der Waals surface area contributed by atoms with Gasteiger partial charge in [-0.25, -0.2) is 0 Å². The van der Waals surface area contributed by atoms with Crippen molar-refractivity contribution in [3.8, 4) is 0 Å². The fourth-order valence-electron chi connectivity index (χ4n) is 0.629. The molecule has 5 heteroatoms. The molecule has 0 fully saturated rings. The van der Waals surface area contributed by atoms with Gasteiger partial charge in [0.05, 0.1) is 13.5 Å². The van der Waals surface area contributed by atoms with Crippen LogP contribution in [0.2, 0.25) is 0 Å². The van der Waals surface area contributed by atoms with Gasteiger partial charge in [0.15, 0.2) is 0 Å². The number of methoxy groups -OCH3 is 1. The Morgan fingerprint density at radius 2 is 1.92 bits per heavy atom. The van der Waals surface area contributed by atoms with E-state index in [-0.39, 0.29) is 11.9 Å². The molecule has 0 unspecified atom stereocenters. The first-order valence-corrected chi connectivity index (χ1v) is 3.72. The number of rotatable bonds is 6. The maximum absolute atomic E-state index is 10.6. The monoisotopic (exact) mass is 174 g/mol. The molecule has 0 aliphatic heterocycles. The molecule has 0 atom stereocenters. The number of esters is 1. The van der Waals surface area contributed by atoms with Gasteiger partial charge in [-0.05, 0) is 0 Å². The first-order chi connectivity index (χ1) is 5.66. The minimum atomic E-state index is -0.347. The van der Waals surface area contributed by atoms with Crippen molar-refractivity contribution in [2.45, 2.75) is 12.8 Å². The van der Waals surface area contributed by atoms with Crippen LogP contribution in [0.15, 0.2) is 0 Å². The van der Waals surface area contributed by atoms with E-state index in [1.165, 1.54) is 7.11 Å². The Labute approximate surface area is 71.3 Å².